The van der Waals surface area contributed by atoms with Gasteiger partial charge in [0.05, 0.1) is 0 Å². The van der Waals surface area contributed by atoms with Crippen LogP contribution in [0.5, 0.6) is 5.75 Å². The quantitative estimate of drug-likeness (QED) is 0.681. The molecule has 2 N–H and O–H groups in total. The van der Waals surface area contributed by atoms with Crippen molar-refractivity contribution < 1.29 is 5.11 Å². The number of phenols is 1. The van der Waals surface area contributed by atoms with E-state index >= 15 is 0 Å². The number of nitrogens with one attached hydrogen (secondary N) is 1. The van der Waals surface area contributed by atoms with E-state index in [-0.39, 0.29) is 5.54 Å². The highest BCUT2D eigenvalue weighted by Crippen LogP contribution is 2.47. The third-order valence-electron chi connectivity index (χ3n) is 3.41. The fourth-order valence-corrected chi connectivity index (χ4v) is 2.69. The second-order valence-corrected chi connectivity index (χ2v) is 4.21. The Hall–Kier alpha value is -1.02. The van der Waals surface area contributed by atoms with Gasteiger partial charge in [-0.1, -0.05) is 12.1 Å². The van der Waals surface area contributed by atoms with Crippen LogP contribution in [0.1, 0.15) is 24.8 Å². The summed E-state index contributed by atoms with van der Waals surface area (Å²) in [6, 6.07) is 8.37. The normalized spacial score (nSPS) is 35.8. The van der Waals surface area contributed by atoms with Crippen molar-refractivity contribution in [1.82, 2.24) is 5.32 Å². The zero-order valence-corrected chi connectivity index (χ0v) is 7.46. The topological polar surface area (TPSA) is 32.3 Å². The van der Waals surface area contributed by atoms with Crippen molar-refractivity contribution in [3.05, 3.63) is 29.8 Å². The maximum Gasteiger partial charge on any atom is 0.115 e. The summed E-state index contributed by atoms with van der Waals surface area (Å²) < 4.78 is 0. The summed E-state index contributed by atoms with van der Waals surface area (Å²) >= 11 is 0. The zero-order valence-electron chi connectivity index (χ0n) is 7.46. The van der Waals surface area contributed by atoms with Crippen LogP contribution in [0, 0.1) is 0 Å². The second-order valence-electron chi connectivity index (χ2n) is 4.21. The molecule has 1 aromatic rings. The molecule has 2 atom stereocenters. The highest BCUT2D eigenvalue weighted by molar-refractivity contribution is 5.35. The van der Waals surface area contributed by atoms with Crippen molar-refractivity contribution in [3.8, 4) is 5.75 Å². The third kappa shape index (κ3) is 0.923. The van der Waals surface area contributed by atoms with Crippen LogP contribution in [-0.4, -0.2) is 11.1 Å². The number of aromatic hydroxyl groups is 1. The Kier molecular flexibility index (Phi) is 1.29. The average Bonchev–Trinajstić information content (AvgIpc) is 2.63. The number of phenolic OH excluding ortho intramolecular Hbond substituents is 1. The summed E-state index contributed by atoms with van der Waals surface area (Å²) in [5.41, 5.74) is 1.59. The van der Waals surface area contributed by atoms with Crippen LogP contribution in [0.25, 0.3) is 0 Å². The second kappa shape index (κ2) is 2.26. The Morgan fingerprint density at radius 3 is 2.54 bits per heavy atom. The molecule has 1 saturated carbocycles. The summed E-state index contributed by atoms with van der Waals surface area (Å²) in [5.74, 6) is 0.356. The molecule has 13 heavy (non-hydrogen) atoms. The first-order valence-electron chi connectivity index (χ1n) is 4.86. The highest BCUT2D eigenvalue weighted by Gasteiger charge is 2.50. The van der Waals surface area contributed by atoms with Gasteiger partial charge >= 0.3 is 0 Å². The highest BCUT2D eigenvalue weighted by atomic mass is 16.3. The average molecular weight is 175 g/mol. The van der Waals surface area contributed by atoms with Crippen LogP contribution in [0.15, 0.2) is 24.3 Å². The van der Waals surface area contributed by atoms with Gasteiger partial charge in [-0.25, -0.2) is 0 Å². The number of benzene rings is 1. The van der Waals surface area contributed by atoms with Crippen LogP contribution in [-0.2, 0) is 5.54 Å². The first-order chi connectivity index (χ1) is 6.28. The van der Waals surface area contributed by atoms with Crippen molar-refractivity contribution in [2.24, 2.45) is 0 Å². The third-order valence-corrected chi connectivity index (χ3v) is 3.41. The molecule has 2 bridgehead atoms. The van der Waals surface area contributed by atoms with E-state index in [1.54, 1.807) is 12.1 Å². The van der Waals surface area contributed by atoms with Gasteiger partial charge in [0, 0.05) is 11.6 Å². The Labute approximate surface area is 77.6 Å². The molecule has 2 saturated heterocycles. The predicted octanol–water partition coefficient (Wildman–Crippen LogP) is 1.74. The maximum absolute atomic E-state index is 9.18. The summed E-state index contributed by atoms with van der Waals surface area (Å²) in [6.07, 6.45) is 3.83. The van der Waals surface area contributed by atoms with Crippen LogP contribution in [0.4, 0.5) is 0 Å². The molecule has 0 amide bonds. The van der Waals surface area contributed by atoms with Crippen molar-refractivity contribution in [3.63, 3.8) is 0 Å². The lowest BCUT2D eigenvalue weighted by Crippen LogP contribution is -2.53. The summed E-state index contributed by atoms with van der Waals surface area (Å²) in [5, 5.41) is 12.8. The molecule has 4 rings (SSSR count). The van der Waals surface area contributed by atoms with E-state index in [4.69, 9.17) is 0 Å². The molecular formula is C11H13NO. The molecule has 0 spiro atoms. The van der Waals surface area contributed by atoms with Gasteiger partial charge in [0.1, 0.15) is 5.75 Å². The largest absolute Gasteiger partial charge is 0.508 e. The molecule has 68 valence electrons. The minimum Gasteiger partial charge on any atom is -0.508 e. The smallest absolute Gasteiger partial charge is 0.115 e. The lowest BCUT2D eigenvalue weighted by Gasteiger charge is -2.40. The molecule has 1 aromatic carbocycles. The molecule has 2 aliphatic heterocycles. The number of rotatable bonds is 1. The molecule has 2 unspecified atom stereocenters. The number of fused-ring (bicyclic) bond motifs is 1. The van der Waals surface area contributed by atoms with Crippen molar-refractivity contribution >= 4 is 0 Å². The minimum absolute atomic E-state index is 0.262. The summed E-state index contributed by atoms with van der Waals surface area (Å²) in [7, 11) is 0. The van der Waals surface area contributed by atoms with Crippen LogP contribution in [0.2, 0.25) is 0 Å². The van der Waals surface area contributed by atoms with Crippen LogP contribution >= 0.6 is 0 Å². The first kappa shape index (κ1) is 7.39. The van der Waals surface area contributed by atoms with E-state index < -0.39 is 0 Å². The standard InChI is InChI=1S/C11H13NO/c13-10-3-1-8(2-4-10)11-6-5-9(7-11)12-11/h1-4,9,12-13H,5-7H2. The van der Waals surface area contributed by atoms with E-state index in [0.29, 0.717) is 5.75 Å². The molecular weight excluding hydrogens is 162 g/mol. The predicted molar refractivity (Wildman–Crippen MR) is 50.6 cm³/mol. The van der Waals surface area contributed by atoms with Gasteiger partial charge in [-0.3, -0.25) is 0 Å². The lowest BCUT2D eigenvalue weighted by molar-refractivity contribution is 0.225. The lowest BCUT2D eigenvalue weighted by atomic mass is 9.83. The van der Waals surface area contributed by atoms with E-state index in [0.717, 1.165) is 6.04 Å². The Balaban J connectivity index is 1.96. The Bertz CT molecular complexity index is 319. The van der Waals surface area contributed by atoms with Crippen molar-refractivity contribution in [1.29, 1.82) is 0 Å². The van der Waals surface area contributed by atoms with Gasteiger partial charge < -0.3 is 10.4 Å². The van der Waals surface area contributed by atoms with Crippen LogP contribution in [0.3, 0.4) is 0 Å². The molecule has 2 nitrogen and oxygen atoms in total. The fraction of sp³-hybridized carbons (Fsp3) is 0.455. The van der Waals surface area contributed by atoms with Crippen LogP contribution < -0.4 is 5.32 Å². The maximum atomic E-state index is 9.18. The number of hydrogen-bond donors (Lipinski definition) is 2. The van der Waals surface area contributed by atoms with Gasteiger partial charge in [0.25, 0.3) is 0 Å². The molecule has 3 fully saturated rings. The van der Waals surface area contributed by atoms with Crippen molar-refractivity contribution in [2.45, 2.75) is 30.8 Å². The molecule has 2 heterocycles. The van der Waals surface area contributed by atoms with Gasteiger partial charge in [-0.05, 0) is 37.0 Å². The SMILES string of the molecule is Oc1ccc(C23CCC(C2)N3)cc1. The van der Waals surface area contributed by atoms with Gasteiger partial charge in [0.2, 0.25) is 0 Å². The molecule has 2 heteroatoms. The monoisotopic (exact) mass is 175 g/mol. The van der Waals surface area contributed by atoms with E-state index in [1.807, 2.05) is 12.1 Å². The fourth-order valence-electron chi connectivity index (χ4n) is 2.69. The van der Waals surface area contributed by atoms with E-state index in [2.05, 4.69) is 5.32 Å². The zero-order chi connectivity index (χ0) is 8.89. The molecule has 3 aliphatic rings. The van der Waals surface area contributed by atoms with Gasteiger partial charge in [-0.15, -0.1) is 0 Å². The Morgan fingerprint density at radius 2 is 2.00 bits per heavy atom. The minimum atomic E-state index is 0.262. The van der Waals surface area contributed by atoms with E-state index in [9.17, 15) is 5.11 Å². The van der Waals surface area contributed by atoms with E-state index in [1.165, 1.54) is 24.8 Å². The number of hydrogen-bond acceptors (Lipinski definition) is 2. The summed E-state index contributed by atoms with van der Waals surface area (Å²) in [4.78, 5) is 0. The Morgan fingerprint density at radius 1 is 1.31 bits per heavy atom. The van der Waals surface area contributed by atoms with Gasteiger partial charge in [0.15, 0.2) is 0 Å². The summed E-state index contributed by atoms with van der Waals surface area (Å²) in [6.45, 7) is 0. The molecule has 0 radical (unpaired) electrons. The van der Waals surface area contributed by atoms with Crippen molar-refractivity contribution in [2.75, 3.05) is 0 Å². The molecule has 1 aliphatic carbocycles. The molecule has 0 aromatic heterocycles. The first-order valence-corrected chi connectivity index (χ1v) is 4.86. The van der Waals surface area contributed by atoms with Gasteiger partial charge in [-0.2, -0.15) is 0 Å².